The van der Waals surface area contributed by atoms with Gasteiger partial charge in [-0.25, -0.2) is 13.1 Å². The summed E-state index contributed by atoms with van der Waals surface area (Å²) >= 11 is 1.64. The van der Waals surface area contributed by atoms with E-state index in [1.54, 1.807) is 30.6 Å². The Labute approximate surface area is 172 Å². The van der Waals surface area contributed by atoms with E-state index < -0.39 is 10.0 Å². The molecule has 0 amide bonds. The molecule has 0 bridgehead atoms. The molecule has 1 saturated heterocycles. The lowest BCUT2D eigenvalue weighted by Crippen LogP contribution is -2.48. The van der Waals surface area contributed by atoms with Gasteiger partial charge in [0, 0.05) is 38.8 Å². The van der Waals surface area contributed by atoms with Crippen molar-refractivity contribution in [3.8, 4) is 5.75 Å². The van der Waals surface area contributed by atoms with Crippen LogP contribution in [0.2, 0.25) is 0 Å². The molecule has 154 valence electrons. The highest BCUT2D eigenvalue weighted by atomic mass is 32.2. The molecular weight excluding hydrogens is 394 g/mol. The van der Waals surface area contributed by atoms with Gasteiger partial charge in [-0.3, -0.25) is 4.90 Å². The van der Waals surface area contributed by atoms with Gasteiger partial charge in [0.2, 0.25) is 10.0 Å². The number of hydrogen-bond acceptors (Lipinski definition) is 6. The van der Waals surface area contributed by atoms with E-state index in [1.165, 1.54) is 5.56 Å². The van der Waals surface area contributed by atoms with Crippen molar-refractivity contribution in [2.24, 2.45) is 0 Å². The average molecular weight is 424 g/mol. The van der Waals surface area contributed by atoms with Crippen LogP contribution in [0.25, 0.3) is 0 Å². The molecule has 3 rings (SSSR count). The van der Waals surface area contributed by atoms with Crippen molar-refractivity contribution in [3.63, 3.8) is 0 Å². The van der Waals surface area contributed by atoms with Crippen LogP contribution in [-0.2, 0) is 10.0 Å². The lowest BCUT2D eigenvalue weighted by molar-refractivity contribution is 0.113. The van der Waals surface area contributed by atoms with Gasteiger partial charge in [-0.2, -0.15) is 11.3 Å². The van der Waals surface area contributed by atoms with E-state index in [4.69, 9.17) is 4.74 Å². The van der Waals surface area contributed by atoms with Crippen LogP contribution in [0.4, 0.5) is 0 Å². The second-order valence-electron chi connectivity index (χ2n) is 7.35. The van der Waals surface area contributed by atoms with Crippen LogP contribution in [0.15, 0.2) is 33.9 Å². The summed E-state index contributed by atoms with van der Waals surface area (Å²) in [6, 6.07) is 5.46. The highest BCUT2D eigenvalue weighted by molar-refractivity contribution is 7.89. The van der Waals surface area contributed by atoms with E-state index in [2.05, 4.69) is 33.0 Å². The predicted octanol–water partition coefficient (Wildman–Crippen LogP) is 2.64. The van der Waals surface area contributed by atoms with Crippen molar-refractivity contribution >= 4 is 21.4 Å². The number of benzene rings is 1. The largest absolute Gasteiger partial charge is 0.496 e. The highest BCUT2D eigenvalue weighted by Gasteiger charge is 2.26. The maximum atomic E-state index is 13.0. The molecule has 28 heavy (non-hydrogen) atoms. The van der Waals surface area contributed by atoms with E-state index in [0.29, 0.717) is 6.54 Å². The quantitative estimate of drug-likeness (QED) is 0.742. The Kier molecular flexibility index (Phi) is 6.77. The summed E-state index contributed by atoms with van der Waals surface area (Å²) < 4.78 is 34.1. The molecular formula is C20H29N3O3S2. The van der Waals surface area contributed by atoms with Gasteiger partial charge < -0.3 is 9.64 Å². The van der Waals surface area contributed by atoms with Gasteiger partial charge in [0.1, 0.15) is 5.75 Å². The Hall–Kier alpha value is -1.45. The molecule has 0 saturated carbocycles. The fourth-order valence-electron chi connectivity index (χ4n) is 3.72. The van der Waals surface area contributed by atoms with Crippen LogP contribution in [0, 0.1) is 13.8 Å². The molecule has 1 aliphatic heterocycles. The van der Waals surface area contributed by atoms with Crippen molar-refractivity contribution in [2.75, 3.05) is 46.9 Å². The average Bonchev–Trinajstić information content (AvgIpc) is 3.17. The lowest BCUT2D eigenvalue weighted by atomic mass is 10.1. The van der Waals surface area contributed by atoms with Gasteiger partial charge in [-0.15, -0.1) is 0 Å². The fourth-order valence-corrected chi connectivity index (χ4v) is 5.63. The Balaban J connectivity index is 1.79. The summed E-state index contributed by atoms with van der Waals surface area (Å²) in [5.41, 5.74) is 2.80. The molecule has 8 heteroatoms. The van der Waals surface area contributed by atoms with Crippen LogP contribution in [0.1, 0.15) is 22.7 Å². The first-order chi connectivity index (χ1) is 13.3. The zero-order chi connectivity index (χ0) is 20.3. The van der Waals surface area contributed by atoms with E-state index in [0.717, 1.165) is 43.1 Å². The molecule has 0 spiro atoms. The number of thiophene rings is 1. The Morgan fingerprint density at radius 3 is 2.36 bits per heavy atom. The smallest absolute Gasteiger partial charge is 0.240 e. The maximum Gasteiger partial charge on any atom is 0.240 e. The SMILES string of the molecule is COc1c(C)cc(S(=O)(=O)NCC(c2ccsc2)N2CCN(C)CC2)cc1C. The number of rotatable bonds is 7. The fraction of sp³-hybridized carbons (Fsp3) is 0.500. The van der Waals surface area contributed by atoms with E-state index in [1.807, 2.05) is 19.2 Å². The molecule has 1 aliphatic rings. The van der Waals surface area contributed by atoms with Gasteiger partial charge in [0.25, 0.3) is 0 Å². The van der Waals surface area contributed by atoms with Gasteiger partial charge in [0.05, 0.1) is 12.0 Å². The Bertz CT molecular complexity index is 866. The number of nitrogens with one attached hydrogen (secondary N) is 1. The number of methoxy groups -OCH3 is 1. The van der Waals surface area contributed by atoms with Crippen LogP contribution in [0.5, 0.6) is 5.75 Å². The second-order valence-corrected chi connectivity index (χ2v) is 9.90. The summed E-state index contributed by atoms with van der Waals surface area (Å²) in [6.45, 7) is 7.92. The van der Waals surface area contributed by atoms with E-state index in [-0.39, 0.29) is 10.9 Å². The minimum atomic E-state index is -3.61. The third-order valence-electron chi connectivity index (χ3n) is 5.32. The highest BCUT2D eigenvalue weighted by Crippen LogP contribution is 2.28. The monoisotopic (exact) mass is 423 g/mol. The third kappa shape index (κ3) is 4.75. The van der Waals surface area contributed by atoms with Gasteiger partial charge in [0.15, 0.2) is 0 Å². The van der Waals surface area contributed by atoms with Crippen LogP contribution < -0.4 is 9.46 Å². The summed E-state index contributed by atoms with van der Waals surface area (Å²) in [5, 5.41) is 4.15. The number of hydrogen-bond donors (Lipinski definition) is 1. The minimum absolute atomic E-state index is 0.0372. The van der Waals surface area contributed by atoms with Crippen LogP contribution in [-0.4, -0.2) is 65.1 Å². The summed E-state index contributed by atoms with van der Waals surface area (Å²) in [7, 11) is 0.114. The molecule has 2 heterocycles. The third-order valence-corrected chi connectivity index (χ3v) is 7.43. The first kappa shape index (κ1) is 21.3. The molecule has 1 atom stereocenters. The van der Waals surface area contributed by atoms with E-state index >= 15 is 0 Å². The molecule has 0 aliphatic carbocycles. The Morgan fingerprint density at radius 2 is 1.82 bits per heavy atom. The molecule has 6 nitrogen and oxygen atoms in total. The standard InChI is InChI=1S/C20H29N3O3S2/c1-15-11-18(12-16(2)20(15)26-4)28(24,25)21-13-19(17-5-10-27-14-17)23-8-6-22(3)7-9-23/h5,10-12,14,19,21H,6-9,13H2,1-4H3. The van der Waals surface area contributed by atoms with Crippen LogP contribution >= 0.6 is 11.3 Å². The summed E-state index contributed by atoms with van der Waals surface area (Å²) in [6.07, 6.45) is 0. The number of ether oxygens (including phenoxy) is 1. The van der Waals surface area contributed by atoms with Crippen molar-refractivity contribution in [3.05, 3.63) is 45.6 Å². The minimum Gasteiger partial charge on any atom is -0.496 e. The zero-order valence-electron chi connectivity index (χ0n) is 16.9. The summed E-state index contributed by atoms with van der Waals surface area (Å²) in [5.74, 6) is 0.729. The van der Waals surface area contributed by atoms with Crippen molar-refractivity contribution in [1.29, 1.82) is 0 Å². The zero-order valence-corrected chi connectivity index (χ0v) is 18.6. The molecule has 1 N–H and O–H groups in total. The van der Waals surface area contributed by atoms with Crippen molar-refractivity contribution in [2.45, 2.75) is 24.8 Å². The van der Waals surface area contributed by atoms with Gasteiger partial charge in [-0.1, -0.05) is 0 Å². The molecule has 1 fully saturated rings. The number of likely N-dealkylation sites (N-methyl/N-ethyl adjacent to an activating group) is 1. The molecule has 1 unspecified atom stereocenters. The second kappa shape index (κ2) is 8.92. The van der Waals surface area contributed by atoms with Crippen molar-refractivity contribution in [1.82, 2.24) is 14.5 Å². The molecule has 1 aromatic heterocycles. The number of piperazine rings is 1. The lowest BCUT2D eigenvalue weighted by Gasteiger charge is -2.38. The van der Waals surface area contributed by atoms with Gasteiger partial charge >= 0.3 is 0 Å². The molecule has 2 aromatic rings. The Morgan fingerprint density at radius 1 is 1.18 bits per heavy atom. The maximum absolute atomic E-state index is 13.0. The predicted molar refractivity (Wildman–Crippen MR) is 114 cm³/mol. The number of nitrogens with zero attached hydrogens (tertiary/aromatic N) is 2. The van der Waals surface area contributed by atoms with Crippen molar-refractivity contribution < 1.29 is 13.2 Å². The first-order valence-corrected chi connectivity index (χ1v) is 11.8. The van der Waals surface area contributed by atoms with Crippen LogP contribution in [0.3, 0.4) is 0 Å². The normalized spacial score (nSPS) is 17.6. The first-order valence-electron chi connectivity index (χ1n) is 9.41. The van der Waals surface area contributed by atoms with E-state index in [9.17, 15) is 8.42 Å². The number of sulfonamides is 1. The summed E-state index contributed by atoms with van der Waals surface area (Å²) in [4.78, 5) is 4.95. The number of aryl methyl sites for hydroxylation is 2. The van der Waals surface area contributed by atoms with Gasteiger partial charge in [-0.05, 0) is 66.5 Å². The molecule has 0 radical (unpaired) electrons. The molecule has 1 aromatic carbocycles. The topological polar surface area (TPSA) is 61.9 Å².